The van der Waals surface area contributed by atoms with E-state index in [9.17, 15) is 14.4 Å². The molecule has 0 unspecified atom stereocenters. The lowest BCUT2D eigenvalue weighted by atomic mass is 10.2. The van der Waals surface area contributed by atoms with Gasteiger partial charge < -0.3 is 15.2 Å². The highest BCUT2D eigenvalue weighted by Gasteiger charge is 2.24. The molecule has 182 valence electrons. The van der Waals surface area contributed by atoms with Crippen molar-refractivity contribution in [3.8, 4) is 11.4 Å². The molecule has 3 N–H and O–H groups in total. The molecule has 1 amide bonds. The monoisotopic (exact) mass is 485 g/mol. The van der Waals surface area contributed by atoms with E-state index in [4.69, 9.17) is 5.73 Å². The second-order valence-corrected chi connectivity index (χ2v) is 8.86. The van der Waals surface area contributed by atoms with Crippen LogP contribution in [-0.2, 0) is 18.4 Å². The number of H-pyrrole nitrogens is 1. The van der Waals surface area contributed by atoms with Gasteiger partial charge in [0, 0.05) is 25.7 Å². The van der Waals surface area contributed by atoms with Gasteiger partial charge in [0.25, 0.3) is 5.56 Å². The van der Waals surface area contributed by atoms with Crippen LogP contribution in [0.15, 0.2) is 45.1 Å². The molecular formula is C23H31N7O3S. The first-order chi connectivity index (χ1) is 16.4. The number of hydrogen-bond donors (Lipinski definition) is 2. The molecule has 0 aliphatic rings. The van der Waals surface area contributed by atoms with Crippen molar-refractivity contribution in [3.63, 3.8) is 0 Å². The standard InChI is InChI=1S/C23H31N7O3S/c1-4-6-13-29(18-19(24)30(14-7-5-2)22(33)25-21(18)32)17(31)15-34-23-27-26-20(28(23)3)16-11-9-8-10-12-16/h8-12H,4-7,13-15,24H2,1-3H3,(H,25,32,33). The first-order valence-electron chi connectivity index (χ1n) is 11.4. The molecule has 3 rings (SSSR count). The zero-order valence-corrected chi connectivity index (χ0v) is 20.6. The molecule has 0 spiro atoms. The van der Waals surface area contributed by atoms with Gasteiger partial charge in [-0.15, -0.1) is 10.2 Å². The van der Waals surface area contributed by atoms with Crippen LogP contribution in [0.25, 0.3) is 11.4 Å². The molecule has 10 nitrogen and oxygen atoms in total. The Hall–Kier alpha value is -3.34. The van der Waals surface area contributed by atoms with Gasteiger partial charge in [-0.05, 0) is 12.8 Å². The van der Waals surface area contributed by atoms with Crippen LogP contribution in [0.1, 0.15) is 39.5 Å². The number of nitrogens with one attached hydrogen (secondary N) is 1. The molecule has 0 bridgehead atoms. The van der Waals surface area contributed by atoms with E-state index in [1.807, 2.05) is 55.8 Å². The SMILES string of the molecule is CCCCN(C(=O)CSc1nnc(-c2ccccc2)n1C)c1c(N)n(CCCC)c(=O)[nH]c1=O. The Labute approximate surface area is 202 Å². The van der Waals surface area contributed by atoms with Crippen molar-refractivity contribution in [2.24, 2.45) is 7.05 Å². The molecule has 3 aromatic rings. The van der Waals surface area contributed by atoms with E-state index in [2.05, 4.69) is 15.2 Å². The highest BCUT2D eigenvalue weighted by Crippen LogP contribution is 2.24. The molecule has 34 heavy (non-hydrogen) atoms. The maximum absolute atomic E-state index is 13.3. The van der Waals surface area contributed by atoms with Crippen molar-refractivity contribution in [1.29, 1.82) is 0 Å². The third kappa shape index (κ3) is 5.58. The summed E-state index contributed by atoms with van der Waals surface area (Å²) >= 11 is 1.24. The van der Waals surface area contributed by atoms with E-state index >= 15 is 0 Å². The number of carbonyl (C=O) groups excluding carboxylic acids is 1. The number of thioether (sulfide) groups is 1. The Bertz CT molecular complexity index is 1230. The topological polar surface area (TPSA) is 132 Å². The van der Waals surface area contributed by atoms with Crippen LogP contribution < -0.4 is 21.9 Å². The summed E-state index contributed by atoms with van der Waals surface area (Å²) in [5.41, 5.74) is 5.98. The van der Waals surface area contributed by atoms with Gasteiger partial charge in [0.05, 0.1) is 5.75 Å². The summed E-state index contributed by atoms with van der Waals surface area (Å²) in [5, 5.41) is 9.05. The van der Waals surface area contributed by atoms with E-state index in [0.29, 0.717) is 30.5 Å². The Morgan fingerprint density at radius 1 is 1.12 bits per heavy atom. The quantitative estimate of drug-likeness (QED) is 0.399. The van der Waals surface area contributed by atoms with Gasteiger partial charge in [0.1, 0.15) is 5.82 Å². The predicted molar refractivity (Wildman–Crippen MR) is 135 cm³/mol. The Morgan fingerprint density at radius 2 is 1.82 bits per heavy atom. The van der Waals surface area contributed by atoms with Crippen molar-refractivity contribution >= 4 is 29.2 Å². The lowest BCUT2D eigenvalue weighted by molar-refractivity contribution is -0.116. The van der Waals surface area contributed by atoms with Gasteiger partial charge in [-0.1, -0.05) is 68.8 Å². The van der Waals surface area contributed by atoms with Crippen LogP contribution >= 0.6 is 11.8 Å². The van der Waals surface area contributed by atoms with Crippen LogP contribution in [0, 0.1) is 0 Å². The fourth-order valence-corrected chi connectivity index (χ4v) is 4.32. The lowest BCUT2D eigenvalue weighted by Crippen LogP contribution is -2.42. The molecule has 0 aliphatic carbocycles. The van der Waals surface area contributed by atoms with Gasteiger partial charge in [0.15, 0.2) is 16.7 Å². The molecule has 0 saturated heterocycles. The number of aromatic amines is 1. The average molecular weight is 486 g/mol. The third-order valence-electron chi connectivity index (χ3n) is 5.45. The van der Waals surface area contributed by atoms with Crippen molar-refractivity contribution in [3.05, 3.63) is 51.2 Å². The number of nitrogens with two attached hydrogens (primary N) is 1. The number of carbonyl (C=O) groups is 1. The molecular weight excluding hydrogens is 454 g/mol. The summed E-state index contributed by atoms with van der Waals surface area (Å²) in [4.78, 5) is 42.0. The molecule has 2 heterocycles. The molecule has 2 aromatic heterocycles. The smallest absolute Gasteiger partial charge is 0.330 e. The summed E-state index contributed by atoms with van der Waals surface area (Å²) in [7, 11) is 1.84. The van der Waals surface area contributed by atoms with Crippen LogP contribution in [0.5, 0.6) is 0 Å². The summed E-state index contributed by atoms with van der Waals surface area (Å²) in [5.74, 6) is 0.460. The molecule has 0 atom stereocenters. The minimum atomic E-state index is -0.658. The predicted octanol–water partition coefficient (Wildman–Crippen LogP) is 2.64. The highest BCUT2D eigenvalue weighted by molar-refractivity contribution is 7.99. The van der Waals surface area contributed by atoms with E-state index in [1.54, 1.807) is 0 Å². The van der Waals surface area contributed by atoms with E-state index in [1.165, 1.54) is 21.2 Å². The van der Waals surface area contributed by atoms with Gasteiger partial charge in [-0.3, -0.25) is 19.1 Å². The minimum absolute atomic E-state index is 0.0154. The van der Waals surface area contributed by atoms with Crippen LogP contribution in [0.2, 0.25) is 0 Å². The Balaban J connectivity index is 1.86. The molecule has 0 saturated carbocycles. The maximum Gasteiger partial charge on any atom is 0.330 e. The number of amides is 1. The molecule has 1 aromatic carbocycles. The van der Waals surface area contributed by atoms with Gasteiger partial charge in [-0.25, -0.2) is 4.79 Å². The lowest BCUT2D eigenvalue weighted by Gasteiger charge is -2.24. The fourth-order valence-electron chi connectivity index (χ4n) is 3.54. The van der Waals surface area contributed by atoms with E-state index in [0.717, 1.165) is 24.8 Å². The minimum Gasteiger partial charge on any atom is -0.383 e. The highest BCUT2D eigenvalue weighted by atomic mass is 32.2. The second kappa shape index (κ2) is 11.7. The summed E-state index contributed by atoms with van der Waals surface area (Å²) in [6.45, 7) is 4.69. The number of unbranched alkanes of at least 4 members (excludes halogenated alkanes) is 2. The first-order valence-corrected chi connectivity index (χ1v) is 12.4. The van der Waals surface area contributed by atoms with Gasteiger partial charge in [0.2, 0.25) is 5.91 Å². The van der Waals surface area contributed by atoms with Crippen LogP contribution in [-0.4, -0.2) is 42.5 Å². The van der Waals surface area contributed by atoms with Crippen LogP contribution in [0.3, 0.4) is 0 Å². The number of aromatic nitrogens is 5. The number of nitrogen functional groups attached to an aromatic ring is 1. The van der Waals surface area contributed by atoms with E-state index in [-0.39, 0.29) is 23.2 Å². The van der Waals surface area contributed by atoms with Crippen LogP contribution in [0.4, 0.5) is 11.5 Å². The molecule has 0 radical (unpaired) electrons. The zero-order valence-electron chi connectivity index (χ0n) is 19.8. The Kier molecular flexibility index (Phi) is 8.69. The number of rotatable bonds is 11. The Morgan fingerprint density at radius 3 is 2.50 bits per heavy atom. The fraction of sp³-hybridized carbons (Fsp3) is 0.435. The summed E-state index contributed by atoms with van der Waals surface area (Å²) in [6, 6.07) is 9.66. The van der Waals surface area contributed by atoms with Crippen molar-refractivity contribution in [2.75, 3.05) is 22.9 Å². The normalized spacial score (nSPS) is 11.0. The second-order valence-electron chi connectivity index (χ2n) is 7.92. The first kappa shape index (κ1) is 25.3. The number of nitrogens with zero attached hydrogens (tertiary/aromatic N) is 5. The summed E-state index contributed by atoms with van der Waals surface area (Å²) in [6.07, 6.45) is 3.10. The zero-order chi connectivity index (χ0) is 24.7. The van der Waals surface area contributed by atoms with Crippen molar-refractivity contribution < 1.29 is 4.79 Å². The number of anilines is 2. The third-order valence-corrected chi connectivity index (χ3v) is 6.45. The summed E-state index contributed by atoms with van der Waals surface area (Å²) < 4.78 is 3.16. The molecule has 0 aliphatic heterocycles. The maximum atomic E-state index is 13.3. The number of benzene rings is 1. The molecule has 0 fully saturated rings. The largest absolute Gasteiger partial charge is 0.383 e. The number of hydrogen-bond acceptors (Lipinski definition) is 7. The van der Waals surface area contributed by atoms with E-state index < -0.39 is 11.2 Å². The van der Waals surface area contributed by atoms with Gasteiger partial charge in [-0.2, -0.15) is 0 Å². The van der Waals surface area contributed by atoms with Crippen molar-refractivity contribution in [1.82, 2.24) is 24.3 Å². The average Bonchev–Trinajstić information content (AvgIpc) is 3.20. The van der Waals surface area contributed by atoms with Crippen molar-refractivity contribution in [2.45, 2.75) is 51.2 Å². The molecule has 11 heteroatoms. The van der Waals surface area contributed by atoms with Gasteiger partial charge >= 0.3 is 5.69 Å².